The summed E-state index contributed by atoms with van der Waals surface area (Å²) in [5, 5.41) is 0. The molecule has 1 aliphatic carbocycles. The third kappa shape index (κ3) is 2.65. The Morgan fingerprint density at radius 2 is 2.20 bits per heavy atom. The average Bonchev–Trinajstić information content (AvgIpc) is 2.70. The highest BCUT2D eigenvalue weighted by Gasteiger charge is 2.19. The number of nitrogens with two attached hydrogens (primary N) is 1. The molecular formula is C11H18N4. The van der Waals surface area contributed by atoms with Gasteiger partial charge >= 0.3 is 0 Å². The smallest absolute Gasteiger partial charge is 0.144 e. The maximum Gasteiger partial charge on any atom is 0.144 e. The van der Waals surface area contributed by atoms with Gasteiger partial charge in [0.25, 0.3) is 0 Å². The lowest BCUT2D eigenvalue weighted by Gasteiger charge is -2.22. The van der Waals surface area contributed by atoms with Crippen LogP contribution in [-0.4, -0.2) is 28.0 Å². The summed E-state index contributed by atoms with van der Waals surface area (Å²) in [5.41, 5.74) is 5.62. The van der Waals surface area contributed by atoms with Gasteiger partial charge in [-0.2, -0.15) is 0 Å². The Labute approximate surface area is 90.5 Å². The molecule has 0 bridgehead atoms. The molecule has 2 rings (SSSR count). The second kappa shape index (κ2) is 4.57. The topological polar surface area (TPSA) is 55.0 Å². The van der Waals surface area contributed by atoms with Crippen molar-refractivity contribution in [2.45, 2.75) is 38.3 Å². The van der Waals surface area contributed by atoms with Crippen LogP contribution in [0.25, 0.3) is 0 Å². The predicted molar refractivity (Wildman–Crippen MR) is 60.2 cm³/mol. The Bertz CT molecular complexity index is 320. The van der Waals surface area contributed by atoms with Crippen LogP contribution in [0, 0.1) is 0 Å². The monoisotopic (exact) mass is 206 g/mol. The van der Waals surface area contributed by atoms with E-state index in [0.29, 0.717) is 11.9 Å². The number of hydrogen-bond acceptors (Lipinski definition) is 4. The average molecular weight is 206 g/mol. The van der Waals surface area contributed by atoms with E-state index in [1.54, 1.807) is 12.3 Å². The van der Waals surface area contributed by atoms with Crippen molar-refractivity contribution in [1.29, 1.82) is 0 Å². The SMILES string of the molecule is CN(Cc1nccc(N)n1)C1CCCC1. The van der Waals surface area contributed by atoms with E-state index in [2.05, 4.69) is 21.9 Å². The van der Waals surface area contributed by atoms with Gasteiger partial charge in [-0.15, -0.1) is 0 Å². The highest BCUT2D eigenvalue weighted by molar-refractivity contribution is 5.24. The number of nitrogen functional groups attached to an aromatic ring is 1. The van der Waals surface area contributed by atoms with E-state index in [1.165, 1.54) is 25.7 Å². The maximum atomic E-state index is 5.62. The Hall–Kier alpha value is -1.16. The summed E-state index contributed by atoms with van der Waals surface area (Å²) in [4.78, 5) is 10.8. The number of hydrogen-bond donors (Lipinski definition) is 1. The van der Waals surface area contributed by atoms with Crippen molar-refractivity contribution in [1.82, 2.24) is 14.9 Å². The normalized spacial score (nSPS) is 17.5. The molecule has 0 saturated heterocycles. The van der Waals surface area contributed by atoms with Crippen molar-refractivity contribution < 1.29 is 0 Å². The van der Waals surface area contributed by atoms with Crippen LogP contribution in [0.4, 0.5) is 5.82 Å². The van der Waals surface area contributed by atoms with Crippen LogP contribution >= 0.6 is 0 Å². The molecule has 4 heteroatoms. The first-order valence-corrected chi connectivity index (χ1v) is 5.53. The molecule has 0 amide bonds. The third-order valence-corrected chi connectivity index (χ3v) is 3.07. The molecule has 0 spiro atoms. The molecule has 0 aliphatic heterocycles. The zero-order valence-corrected chi connectivity index (χ0v) is 9.19. The zero-order chi connectivity index (χ0) is 10.7. The summed E-state index contributed by atoms with van der Waals surface area (Å²) < 4.78 is 0. The van der Waals surface area contributed by atoms with Crippen molar-refractivity contribution in [2.75, 3.05) is 12.8 Å². The Kier molecular flexibility index (Phi) is 3.16. The minimum absolute atomic E-state index is 0.555. The first-order chi connectivity index (χ1) is 7.25. The molecule has 1 saturated carbocycles. The highest BCUT2D eigenvalue weighted by Crippen LogP contribution is 2.23. The summed E-state index contributed by atoms with van der Waals surface area (Å²) in [6.45, 7) is 0.801. The number of anilines is 1. The van der Waals surface area contributed by atoms with Crippen LogP contribution in [0.5, 0.6) is 0 Å². The van der Waals surface area contributed by atoms with E-state index in [0.717, 1.165) is 12.4 Å². The summed E-state index contributed by atoms with van der Waals surface area (Å²) in [6, 6.07) is 2.43. The minimum atomic E-state index is 0.555. The fourth-order valence-corrected chi connectivity index (χ4v) is 2.19. The van der Waals surface area contributed by atoms with Crippen LogP contribution < -0.4 is 5.73 Å². The van der Waals surface area contributed by atoms with Gasteiger partial charge in [0.2, 0.25) is 0 Å². The number of rotatable bonds is 3. The molecule has 0 radical (unpaired) electrons. The fraction of sp³-hybridized carbons (Fsp3) is 0.636. The lowest BCUT2D eigenvalue weighted by molar-refractivity contribution is 0.232. The van der Waals surface area contributed by atoms with Crippen LogP contribution in [0.15, 0.2) is 12.3 Å². The molecule has 0 unspecified atom stereocenters. The molecule has 0 aromatic carbocycles. The van der Waals surface area contributed by atoms with E-state index in [9.17, 15) is 0 Å². The lowest BCUT2D eigenvalue weighted by atomic mass is 10.2. The Morgan fingerprint density at radius 3 is 2.87 bits per heavy atom. The minimum Gasteiger partial charge on any atom is -0.384 e. The molecule has 15 heavy (non-hydrogen) atoms. The molecule has 82 valence electrons. The summed E-state index contributed by atoms with van der Waals surface area (Å²) in [7, 11) is 2.14. The number of aromatic nitrogens is 2. The van der Waals surface area contributed by atoms with Gasteiger partial charge < -0.3 is 5.73 Å². The summed E-state index contributed by atoms with van der Waals surface area (Å²) in [6.07, 6.45) is 7.04. The molecule has 1 heterocycles. The zero-order valence-electron chi connectivity index (χ0n) is 9.19. The molecule has 4 nitrogen and oxygen atoms in total. The van der Waals surface area contributed by atoms with Crippen LogP contribution in [0.2, 0.25) is 0 Å². The van der Waals surface area contributed by atoms with Crippen molar-refractivity contribution >= 4 is 5.82 Å². The van der Waals surface area contributed by atoms with Gasteiger partial charge in [-0.05, 0) is 26.0 Å². The van der Waals surface area contributed by atoms with E-state index in [-0.39, 0.29) is 0 Å². The van der Waals surface area contributed by atoms with Gasteiger partial charge in [-0.25, -0.2) is 9.97 Å². The predicted octanol–water partition coefficient (Wildman–Crippen LogP) is 1.43. The maximum absolute atomic E-state index is 5.62. The van der Waals surface area contributed by atoms with Gasteiger partial charge in [-0.1, -0.05) is 12.8 Å². The molecule has 0 atom stereocenters. The van der Waals surface area contributed by atoms with Crippen molar-refractivity contribution in [2.24, 2.45) is 0 Å². The molecular weight excluding hydrogens is 188 g/mol. The van der Waals surface area contributed by atoms with Crippen molar-refractivity contribution in [3.63, 3.8) is 0 Å². The van der Waals surface area contributed by atoms with Gasteiger partial charge in [0.15, 0.2) is 0 Å². The second-order valence-corrected chi connectivity index (χ2v) is 4.25. The van der Waals surface area contributed by atoms with Crippen LogP contribution in [0.3, 0.4) is 0 Å². The Morgan fingerprint density at radius 1 is 1.47 bits per heavy atom. The quantitative estimate of drug-likeness (QED) is 0.813. The van der Waals surface area contributed by atoms with Crippen molar-refractivity contribution in [3.05, 3.63) is 18.1 Å². The molecule has 1 fully saturated rings. The summed E-state index contributed by atoms with van der Waals surface area (Å²) >= 11 is 0. The highest BCUT2D eigenvalue weighted by atomic mass is 15.2. The fourth-order valence-electron chi connectivity index (χ4n) is 2.19. The standard InChI is InChI=1S/C11H18N4/c1-15(9-4-2-3-5-9)8-11-13-7-6-10(12)14-11/h6-7,9H,2-5,8H2,1H3,(H2,12,13,14). The van der Waals surface area contributed by atoms with E-state index < -0.39 is 0 Å². The van der Waals surface area contributed by atoms with Crippen molar-refractivity contribution in [3.8, 4) is 0 Å². The Balaban J connectivity index is 1.95. The van der Waals surface area contributed by atoms with Crippen LogP contribution in [-0.2, 0) is 6.54 Å². The van der Waals surface area contributed by atoms with Crippen LogP contribution in [0.1, 0.15) is 31.5 Å². The van der Waals surface area contributed by atoms with Gasteiger partial charge in [-0.3, -0.25) is 4.90 Å². The lowest BCUT2D eigenvalue weighted by Crippen LogP contribution is -2.29. The second-order valence-electron chi connectivity index (χ2n) is 4.25. The molecule has 2 N–H and O–H groups in total. The van der Waals surface area contributed by atoms with E-state index >= 15 is 0 Å². The molecule has 1 aromatic heterocycles. The first kappa shape index (κ1) is 10.4. The van der Waals surface area contributed by atoms with E-state index in [1.807, 2.05) is 0 Å². The number of nitrogens with zero attached hydrogens (tertiary/aromatic N) is 3. The van der Waals surface area contributed by atoms with Gasteiger partial charge in [0.1, 0.15) is 11.6 Å². The van der Waals surface area contributed by atoms with E-state index in [4.69, 9.17) is 5.73 Å². The molecule has 1 aliphatic rings. The van der Waals surface area contributed by atoms with Gasteiger partial charge in [0, 0.05) is 12.2 Å². The first-order valence-electron chi connectivity index (χ1n) is 5.53. The summed E-state index contributed by atoms with van der Waals surface area (Å²) in [5.74, 6) is 1.38. The third-order valence-electron chi connectivity index (χ3n) is 3.07. The largest absolute Gasteiger partial charge is 0.384 e. The molecule has 1 aromatic rings. The van der Waals surface area contributed by atoms with Gasteiger partial charge in [0.05, 0.1) is 6.54 Å².